The fourth-order valence-corrected chi connectivity index (χ4v) is 7.93. The Morgan fingerprint density at radius 1 is 1.02 bits per heavy atom. The summed E-state index contributed by atoms with van der Waals surface area (Å²) < 4.78 is 9.05. The zero-order valence-corrected chi connectivity index (χ0v) is 26.3. The lowest BCUT2D eigenvalue weighted by Gasteiger charge is -2.34. The molecule has 0 fully saturated rings. The molecule has 3 aromatic rings. The summed E-state index contributed by atoms with van der Waals surface area (Å²) in [6.07, 6.45) is 11.0. The van der Waals surface area contributed by atoms with E-state index in [2.05, 4.69) is 108 Å². The van der Waals surface area contributed by atoms with Crippen LogP contribution < -0.4 is 14.8 Å². The van der Waals surface area contributed by atoms with Crippen molar-refractivity contribution in [1.29, 1.82) is 0 Å². The third kappa shape index (κ3) is 5.83. The molecule has 2 heterocycles. The van der Waals surface area contributed by atoms with Gasteiger partial charge in [-0.05, 0) is 76.0 Å². The van der Waals surface area contributed by atoms with E-state index in [1.807, 2.05) is 6.92 Å². The summed E-state index contributed by atoms with van der Waals surface area (Å²) in [5.74, 6) is -0.763. The van der Waals surface area contributed by atoms with Crippen LogP contribution in [0.5, 0.6) is 0 Å². The topological polar surface area (TPSA) is 62.5 Å². The van der Waals surface area contributed by atoms with Gasteiger partial charge in [-0.1, -0.05) is 65.6 Å². The molecule has 8 heteroatoms. The van der Waals surface area contributed by atoms with Crippen molar-refractivity contribution in [2.24, 2.45) is 5.41 Å². The van der Waals surface area contributed by atoms with E-state index in [4.69, 9.17) is 4.74 Å². The Hall–Kier alpha value is -3.62. The number of para-hydroxylation sites is 2. The molecule has 0 bridgehead atoms. The highest BCUT2D eigenvalue weighted by molar-refractivity contribution is 8.03. The van der Waals surface area contributed by atoms with Gasteiger partial charge in [-0.3, -0.25) is 9.59 Å². The molecule has 1 N–H and O–H groups in total. The predicted octanol–water partition coefficient (Wildman–Crippen LogP) is 7.03. The van der Waals surface area contributed by atoms with E-state index in [0.717, 1.165) is 34.3 Å². The molecule has 2 aromatic carbocycles. The molecule has 6 nitrogen and oxygen atoms in total. The summed E-state index contributed by atoms with van der Waals surface area (Å²) in [6.45, 7) is 10.3. The Labute approximate surface area is 256 Å². The van der Waals surface area contributed by atoms with Crippen LogP contribution in [0.25, 0.3) is 16.3 Å². The van der Waals surface area contributed by atoms with E-state index in [0.29, 0.717) is 6.54 Å². The molecule has 1 aliphatic heterocycles. The fraction of sp³-hybridized carbons (Fsp3) is 0.324. The monoisotopic (exact) mass is 600 g/mol. The summed E-state index contributed by atoms with van der Waals surface area (Å²) in [7, 11) is 0. The fourth-order valence-electron chi connectivity index (χ4n) is 5.67. The molecule has 0 spiro atoms. The van der Waals surface area contributed by atoms with Crippen LogP contribution in [0.4, 0.5) is 5.69 Å². The summed E-state index contributed by atoms with van der Waals surface area (Å²) in [4.78, 5) is 30.7. The van der Waals surface area contributed by atoms with Crippen molar-refractivity contribution in [1.82, 2.24) is 5.32 Å². The lowest BCUT2D eigenvalue weighted by atomic mass is 9.71. The third-order valence-electron chi connectivity index (χ3n) is 7.61. The first-order valence-electron chi connectivity index (χ1n) is 14.6. The van der Waals surface area contributed by atoms with Crippen LogP contribution in [0.2, 0.25) is 0 Å². The van der Waals surface area contributed by atoms with Crippen LogP contribution in [-0.2, 0) is 20.9 Å². The molecular weight excluding hydrogens is 563 g/mol. The van der Waals surface area contributed by atoms with Crippen molar-refractivity contribution < 1.29 is 18.9 Å². The number of nitrogens with one attached hydrogen (secondary N) is 1. The Morgan fingerprint density at radius 3 is 2.57 bits per heavy atom. The van der Waals surface area contributed by atoms with Gasteiger partial charge in [0.05, 0.1) is 17.3 Å². The van der Waals surface area contributed by atoms with E-state index in [-0.39, 0.29) is 25.4 Å². The number of carbonyl (C=O) groups excluding carboxylic acids is 2. The van der Waals surface area contributed by atoms with Crippen LogP contribution in [0.3, 0.4) is 0 Å². The molecule has 1 amide bonds. The Bertz CT molecular complexity index is 1600. The first-order valence-corrected chi connectivity index (χ1v) is 16.3. The second-order valence-corrected chi connectivity index (χ2v) is 12.4. The van der Waals surface area contributed by atoms with E-state index in [1.165, 1.54) is 20.8 Å². The summed E-state index contributed by atoms with van der Waals surface area (Å²) in [5.41, 5.74) is 2.91. The number of aromatic nitrogens is 1. The predicted molar refractivity (Wildman–Crippen MR) is 173 cm³/mol. The number of anilines is 1. The molecule has 218 valence electrons. The molecule has 42 heavy (non-hydrogen) atoms. The molecule has 1 atom stereocenters. The zero-order chi connectivity index (χ0) is 29.7. The van der Waals surface area contributed by atoms with Crippen molar-refractivity contribution >= 4 is 57.0 Å². The number of aryl methyl sites for hydroxylation is 1. The van der Waals surface area contributed by atoms with Crippen molar-refractivity contribution in [2.75, 3.05) is 24.6 Å². The van der Waals surface area contributed by atoms with Gasteiger partial charge in [0.15, 0.2) is 5.41 Å². The number of thioether (sulfide) groups is 1. The van der Waals surface area contributed by atoms with Gasteiger partial charge >= 0.3 is 5.97 Å². The summed E-state index contributed by atoms with van der Waals surface area (Å²) >= 11 is 3.47. The van der Waals surface area contributed by atoms with E-state index < -0.39 is 11.4 Å². The minimum atomic E-state index is -1.33. The number of allylic oxidation sites excluding steroid dienone is 6. The quantitative estimate of drug-likeness (QED) is 0.162. The molecule has 2 aliphatic rings. The average Bonchev–Trinajstić information content (AvgIpc) is 3.56. The van der Waals surface area contributed by atoms with Crippen molar-refractivity contribution in [3.8, 4) is 0 Å². The number of hydrogen-bond donors (Lipinski definition) is 1. The van der Waals surface area contributed by atoms with E-state index in [1.54, 1.807) is 30.0 Å². The number of amides is 1. The van der Waals surface area contributed by atoms with E-state index in [9.17, 15) is 9.59 Å². The Kier molecular flexibility index (Phi) is 9.34. The molecule has 0 radical (unpaired) electrons. The second kappa shape index (κ2) is 13.1. The van der Waals surface area contributed by atoms with Gasteiger partial charge < -0.3 is 15.0 Å². The van der Waals surface area contributed by atoms with Gasteiger partial charge in [-0.25, -0.2) is 0 Å². The van der Waals surface area contributed by atoms with Gasteiger partial charge in [-0.2, -0.15) is 4.57 Å². The molecule has 0 saturated heterocycles. The normalized spacial score (nSPS) is 20.4. The van der Waals surface area contributed by atoms with E-state index >= 15 is 0 Å². The number of fused-ring (bicyclic) bond motifs is 2. The molecule has 1 aromatic heterocycles. The lowest BCUT2D eigenvalue weighted by Crippen LogP contribution is -2.49. The maximum Gasteiger partial charge on any atom is 0.322 e. The number of thiazole rings is 1. The highest BCUT2D eigenvalue weighted by Gasteiger charge is 2.49. The van der Waals surface area contributed by atoms with Crippen LogP contribution in [0, 0.1) is 5.41 Å². The molecule has 1 aliphatic carbocycles. The third-order valence-corrected chi connectivity index (χ3v) is 9.87. The molecule has 0 saturated carbocycles. The summed E-state index contributed by atoms with van der Waals surface area (Å²) in [5, 5.41) is 5.17. The molecular formula is C34H38N3O3S2+. The first-order chi connectivity index (χ1) is 20.4. The van der Waals surface area contributed by atoms with Crippen molar-refractivity contribution in [3.05, 3.63) is 94.0 Å². The maximum atomic E-state index is 13.6. The van der Waals surface area contributed by atoms with Gasteiger partial charge in [0.25, 0.3) is 5.01 Å². The lowest BCUT2D eigenvalue weighted by molar-refractivity contribution is -0.665. The number of hydrogen-bond acceptors (Lipinski definition) is 6. The number of benzene rings is 2. The van der Waals surface area contributed by atoms with Crippen LogP contribution in [-0.4, -0.2) is 31.6 Å². The number of nitrogens with zero attached hydrogens (tertiary/aromatic N) is 2. The van der Waals surface area contributed by atoms with Gasteiger partial charge in [0, 0.05) is 30.1 Å². The average molecular weight is 601 g/mol. The Balaban J connectivity index is 1.56. The smallest absolute Gasteiger partial charge is 0.322 e. The second-order valence-electron chi connectivity index (χ2n) is 10.3. The Morgan fingerprint density at radius 2 is 1.81 bits per heavy atom. The molecule has 1 unspecified atom stereocenters. The first kappa shape index (κ1) is 29.9. The van der Waals surface area contributed by atoms with Gasteiger partial charge in [-0.15, -0.1) is 0 Å². The van der Waals surface area contributed by atoms with Crippen LogP contribution in [0.15, 0.2) is 93.9 Å². The number of rotatable bonds is 9. The van der Waals surface area contributed by atoms with Crippen LogP contribution >= 0.6 is 23.1 Å². The van der Waals surface area contributed by atoms with Gasteiger partial charge in [0.2, 0.25) is 11.4 Å². The van der Waals surface area contributed by atoms with Crippen molar-refractivity contribution in [2.45, 2.75) is 52.0 Å². The SMILES string of the molecule is CCNC(=O)C1(C(=O)OCC)CC(=CC=C2Sc3ccccc3N2CC)C=C(C=Cc2sc3ccccc3[n+]2CC)C1. The standard InChI is InChI=1S/C34H37N3O3S2/c1-5-35-32(38)34(33(39)40-8-4)22-24(17-19-30-36(6-2)26-13-9-11-15-28(26)41-30)21-25(23-34)18-20-31-37(7-3)27-14-10-12-16-29(27)42-31/h9-21H,5-8,22-23H2,1-4H3/p+1. The van der Waals surface area contributed by atoms with Crippen LogP contribution in [0.1, 0.15) is 45.5 Å². The zero-order valence-electron chi connectivity index (χ0n) is 24.7. The largest absolute Gasteiger partial charge is 0.465 e. The highest BCUT2D eigenvalue weighted by Crippen LogP contribution is 2.46. The number of ether oxygens (including phenoxy) is 1. The maximum absolute atomic E-state index is 13.6. The van der Waals surface area contributed by atoms with Crippen molar-refractivity contribution in [3.63, 3.8) is 0 Å². The number of carbonyl (C=O) groups is 2. The number of esters is 1. The molecule has 5 rings (SSSR count). The minimum Gasteiger partial charge on any atom is -0.465 e. The summed E-state index contributed by atoms with van der Waals surface area (Å²) in [6, 6.07) is 16.8. The highest BCUT2D eigenvalue weighted by atomic mass is 32.2. The minimum absolute atomic E-state index is 0.219. The van der Waals surface area contributed by atoms with Gasteiger partial charge in [0.1, 0.15) is 11.2 Å².